The summed E-state index contributed by atoms with van der Waals surface area (Å²) in [4.78, 5) is 0. The summed E-state index contributed by atoms with van der Waals surface area (Å²) in [5.41, 5.74) is 1.43. The average Bonchev–Trinajstić information content (AvgIpc) is 2.44. The van der Waals surface area contributed by atoms with E-state index < -0.39 is 0 Å². The molecule has 0 radical (unpaired) electrons. The molecule has 0 fully saturated rings. The molecule has 0 heterocycles. The molecule has 0 spiro atoms. The highest BCUT2D eigenvalue weighted by atomic mass is 79.9. The molecule has 1 rings (SSSR count). The lowest BCUT2D eigenvalue weighted by atomic mass is 9.82. The van der Waals surface area contributed by atoms with Crippen LogP contribution < -0.4 is 5.32 Å². The highest BCUT2D eigenvalue weighted by Crippen LogP contribution is 2.30. The summed E-state index contributed by atoms with van der Waals surface area (Å²) in [6.07, 6.45) is 2.45. The minimum absolute atomic E-state index is 0.583. The van der Waals surface area contributed by atoms with Crippen molar-refractivity contribution in [2.75, 3.05) is 26.8 Å². The molecule has 1 aromatic carbocycles. The van der Waals surface area contributed by atoms with Crippen molar-refractivity contribution in [2.45, 2.75) is 32.6 Å². The Kier molecular flexibility index (Phi) is 8.35. The molecule has 0 saturated heterocycles. The number of benzene rings is 1. The van der Waals surface area contributed by atoms with E-state index in [2.05, 4.69) is 59.4 Å². The Bertz CT molecular complexity index is 335. The first kappa shape index (κ1) is 16.7. The quantitative estimate of drug-likeness (QED) is 0.686. The number of nitrogens with one attached hydrogen (secondary N) is 1. The van der Waals surface area contributed by atoms with Gasteiger partial charge in [0.15, 0.2) is 0 Å². The van der Waals surface area contributed by atoms with Gasteiger partial charge in [-0.15, -0.1) is 0 Å². The van der Waals surface area contributed by atoms with Crippen LogP contribution in [0.25, 0.3) is 0 Å². The van der Waals surface area contributed by atoms with Crippen LogP contribution >= 0.6 is 15.9 Å². The zero-order chi connectivity index (χ0) is 14.1. The van der Waals surface area contributed by atoms with Crippen molar-refractivity contribution in [3.63, 3.8) is 0 Å². The Morgan fingerprint density at radius 3 is 2.32 bits per heavy atom. The zero-order valence-corrected chi connectivity index (χ0v) is 13.9. The van der Waals surface area contributed by atoms with Crippen LogP contribution in [0.4, 0.5) is 0 Å². The SMILES string of the molecule is CCC(CC)C(CNCCOC)c1ccc(Br)cc1. The average molecular weight is 328 g/mol. The van der Waals surface area contributed by atoms with Crippen LogP contribution in [0.3, 0.4) is 0 Å². The van der Waals surface area contributed by atoms with Crippen molar-refractivity contribution in [2.24, 2.45) is 5.92 Å². The van der Waals surface area contributed by atoms with E-state index in [1.54, 1.807) is 7.11 Å². The second kappa shape index (κ2) is 9.51. The van der Waals surface area contributed by atoms with Gasteiger partial charge in [-0.2, -0.15) is 0 Å². The Morgan fingerprint density at radius 2 is 1.79 bits per heavy atom. The second-order valence-electron chi connectivity index (χ2n) is 4.93. The highest BCUT2D eigenvalue weighted by molar-refractivity contribution is 9.10. The molecule has 108 valence electrons. The molecule has 0 aromatic heterocycles. The smallest absolute Gasteiger partial charge is 0.0587 e. The maximum atomic E-state index is 5.09. The molecule has 1 aromatic rings. The largest absolute Gasteiger partial charge is 0.383 e. The molecule has 2 nitrogen and oxygen atoms in total. The van der Waals surface area contributed by atoms with Gasteiger partial charge in [-0.25, -0.2) is 0 Å². The van der Waals surface area contributed by atoms with Gasteiger partial charge in [-0.3, -0.25) is 0 Å². The fraction of sp³-hybridized carbons (Fsp3) is 0.625. The number of ether oxygens (including phenoxy) is 1. The van der Waals surface area contributed by atoms with Gasteiger partial charge in [0.1, 0.15) is 0 Å². The summed E-state index contributed by atoms with van der Waals surface area (Å²) in [6.45, 7) is 7.29. The normalized spacial score (nSPS) is 12.9. The van der Waals surface area contributed by atoms with Gasteiger partial charge in [-0.05, 0) is 29.5 Å². The van der Waals surface area contributed by atoms with E-state index in [0.717, 1.165) is 30.1 Å². The van der Waals surface area contributed by atoms with Gasteiger partial charge in [-0.1, -0.05) is 54.8 Å². The Balaban J connectivity index is 2.70. The molecule has 19 heavy (non-hydrogen) atoms. The minimum Gasteiger partial charge on any atom is -0.383 e. The maximum Gasteiger partial charge on any atom is 0.0587 e. The van der Waals surface area contributed by atoms with Crippen molar-refractivity contribution in [3.05, 3.63) is 34.3 Å². The molecule has 0 aliphatic heterocycles. The van der Waals surface area contributed by atoms with E-state index in [9.17, 15) is 0 Å². The molecule has 1 atom stereocenters. The van der Waals surface area contributed by atoms with E-state index >= 15 is 0 Å². The summed E-state index contributed by atoms with van der Waals surface area (Å²) >= 11 is 3.51. The Hall–Kier alpha value is -0.380. The molecule has 1 unspecified atom stereocenters. The third-order valence-electron chi connectivity index (χ3n) is 3.76. The second-order valence-corrected chi connectivity index (χ2v) is 5.85. The van der Waals surface area contributed by atoms with Gasteiger partial charge in [0.05, 0.1) is 6.61 Å². The standard InChI is InChI=1S/C16H26BrNO/c1-4-13(5-2)16(12-18-10-11-19-3)14-6-8-15(17)9-7-14/h6-9,13,16,18H,4-5,10-12H2,1-3H3. The fourth-order valence-corrected chi connectivity index (χ4v) is 2.82. The van der Waals surface area contributed by atoms with Crippen molar-refractivity contribution in [3.8, 4) is 0 Å². The van der Waals surface area contributed by atoms with Crippen LogP contribution in [0.1, 0.15) is 38.2 Å². The summed E-state index contributed by atoms with van der Waals surface area (Å²) < 4.78 is 6.23. The summed E-state index contributed by atoms with van der Waals surface area (Å²) in [5, 5.41) is 3.51. The molecule has 0 saturated carbocycles. The van der Waals surface area contributed by atoms with E-state index in [-0.39, 0.29) is 0 Å². The van der Waals surface area contributed by atoms with Gasteiger partial charge >= 0.3 is 0 Å². The molecular weight excluding hydrogens is 302 g/mol. The Morgan fingerprint density at radius 1 is 1.16 bits per heavy atom. The van der Waals surface area contributed by atoms with Crippen molar-refractivity contribution in [1.29, 1.82) is 0 Å². The predicted molar refractivity (Wildman–Crippen MR) is 85.7 cm³/mol. The zero-order valence-electron chi connectivity index (χ0n) is 12.3. The molecule has 1 N–H and O–H groups in total. The van der Waals surface area contributed by atoms with Crippen LogP contribution in [0, 0.1) is 5.92 Å². The highest BCUT2D eigenvalue weighted by Gasteiger charge is 2.19. The Labute approximate surface area is 126 Å². The molecule has 0 aliphatic rings. The number of hydrogen-bond acceptors (Lipinski definition) is 2. The predicted octanol–water partition coefficient (Wildman–Crippen LogP) is 4.20. The van der Waals surface area contributed by atoms with Gasteiger partial charge in [0, 0.05) is 24.7 Å². The van der Waals surface area contributed by atoms with Crippen LogP contribution in [0.15, 0.2) is 28.7 Å². The summed E-state index contributed by atoms with van der Waals surface area (Å²) in [6, 6.07) is 8.76. The summed E-state index contributed by atoms with van der Waals surface area (Å²) in [7, 11) is 1.74. The van der Waals surface area contributed by atoms with E-state index in [4.69, 9.17) is 4.74 Å². The van der Waals surface area contributed by atoms with E-state index in [1.165, 1.54) is 18.4 Å². The number of hydrogen-bond donors (Lipinski definition) is 1. The number of halogens is 1. The lowest BCUT2D eigenvalue weighted by molar-refractivity contribution is 0.197. The van der Waals surface area contributed by atoms with Crippen LogP contribution in [0.2, 0.25) is 0 Å². The number of methoxy groups -OCH3 is 1. The first-order chi connectivity index (χ1) is 9.22. The first-order valence-electron chi connectivity index (χ1n) is 7.18. The van der Waals surface area contributed by atoms with Crippen LogP contribution in [-0.4, -0.2) is 26.8 Å². The third kappa shape index (κ3) is 5.64. The van der Waals surface area contributed by atoms with Crippen molar-refractivity contribution < 1.29 is 4.74 Å². The summed E-state index contributed by atoms with van der Waals surface area (Å²) in [5.74, 6) is 1.32. The van der Waals surface area contributed by atoms with Gasteiger partial charge < -0.3 is 10.1 Å². The minimum atomic E-state index is 0.583. The molecule has 0 aliphatic carbocycles. The van der Waals surface area contributed by atoms with Crippen molar-refractivity contribution in [1.82, 2.24) is 5.32 Å². The van der Waals surface area contributed by atoms with E-state index in [1.807, 2.05) is 0 Å². The molecule has 0 amide bonds. The van der Waals surface area contributed by atoms with Gasteiger partial charge in [0.2, 0.25) is 0 Å². The van der Waals surface area contributed by atoms with Crippen molar-refractivity contribution >= 4 is 15.9 Å². The van der Waals surface area contributed by atoms with Crippen LogP contribution in [0.5, 0.6) is 0 Å². The van der Waals surface area contributed by atoms with E-state index in [0.29, 0.717) is 5.92 Å². The van der Waals surface area contributed by atoms with Gasteiger partial charge in [0.25, 0.3) is 0 Å². The first-order valence-corrected chi connectivity index (χ1v) is 7.97. The monoisotopic (exact) mass is 327 g/mol. The molecule has 0 bridgehead atoms. The molecular formula is C16H26BrNO. The fourth-order valence-electron chi connectivity index (χ4n) is 2.56. The number of rotatable bonds is 9. The molecule has 3 heteroatoms. The third-order valence-corrected chi connectivity index (χ3v) is 4.29. The lowest BCUT2D eigenvalue weighted by Gasteiger charge is -2.26. The topological polar surface area (TPSA) is 21.3 Å². The maximum absolute atomic E-state index is 5.09. The lowest BCUT2D eigenvalue weighted by Crippen LogP contribution is -2.28. The van der Waals surface area contributed by atoms with Crippen LogP contribution in [-0.2, 0) is 4.74 Å².